The van der Waals surface area contributed by atoms with Gasteiger partial charge in [0.05, 0.1) is 0 Å². The molecule has 122 valence electrons. The van der Waals surface area contributed by atoms with Crippen LogP contribution in [0, 0.1) is 6.92 Å². The predicted molar refractivity (Wildman–Crippen MR) is 101 cm³/mol. The molecule has 0 saturated heterocycles. The lowest BCUT2D eigenvalue weighted by Crippen LogP contribution is -2.14. The number of rotatable bonds is 4. The fourth-order valence-corrected chi connectivity index (χ4v) is 4.01. The second-order valence-corrected chi connectivity index (χ2v) is 7.43. The topological polar surface area (TPSA) is 3.24 Å². The number of halogens is 1. The Labute approximate surface area is 145 Å². The van der Waals surface area contributed by atoms with E-state index >= 15 is 0 Å². The number of nitrogens with zero attached hydrogens (tertiary/aromatic N) is 1. The van der Waals surface area contributed by atoms with E-state index in [4.69, 9.17) is 11.6 Å². The number of anilines is 1. The van der Waals surface area contributed by atoms with Gasteiger partial charge in [0.25, 0.3) is 0 Å². The van der Waals surface area contributed by atoms with E-state index in [1.54, 1.807) is 0 Å². The van der Waals surface area contributed by atoms with Crippen molar-refractivity contribution >= 4 is 17.3 Å². The van der Waals surface area contributed by atoms with E-state index in [0.717, 1.165) is 11.4 Å². The fourth-order valence-electron chi connectivity index (χ4n) is 3.81. The summed E-state index contributed by atoms with van der Waals surface area (Å²) in [7, 11) is 4.27. The molecule has 2 aromatic rings. The van der Waals surface area contributed by atoms with Crippen LogP contribution in [-0.4, -0.2) is 14.1 Å². The van der Waals surface area contributed by atoms with Crippen molar-refractivity contribution in [2.75, 3.05) is 19.0 Å². The molecule has 0 radical (unpaired) electrons. The summed E-state index contributed by atoms with van der Waals surface area (Å²) in [6.07, 6.45) is 6.13. The van der Waals surface area contributed by atoms with Crippen LogP contribution >= 0.6 is 11.6 Å². The van der Waals surface area contributed by atoms with Crippen LogP contribution in [0.5, 0.6) is 0 Å². The lowest BCUT2D eigenvalue weighted by molar-refractivity contribution is 0.520. The molecule has 1 atom stereocenters. The van der Waals surface area contributed by atoms with E-state index < -0.39 is 0 Å². The van der Waals surface area contributed by atoms with Crippen molar-refractivity contribution in [1.29, 1.82) is 0 Å². The van der Waals surface area contributed by atoms with E-state index in [9.17, 15) is 0 Å². The summed E-state index contributed by atoms with van der Waals surface area (Å²) < 4.78 is 0. The highest BCUT2D eigenvalue weighted by atomic mass is 35.5. The third-order valence-corrected chi connectivity index (χ3v) is 5.26. The summed E-state index contributed by atoms with van der Waals surface area (Å²) in [5, 5.41) is 0.873. The van der Waals surface area contributed by atoms with Crippen molar-refractivity contribution in [3.8, 4) is 0 Å². The molecule has 0 heterocycles. The fraction of sp³-hybridized carbons (Fsp3) is 0.429. The standard InChI is InChI=1S/C21H26ClN/c1-15-7-8-17(21(13-15)23(2)3)10-9-16-5-4-6-18-14-19(22)11-12-20(16)18/h7-8,11-14,16H,4-6,9-10H2,1-3H3. The van der Waals surface area contributed by atoms with Gasteiger partial charge < -0.3 is 4.90 Å². The van der Waals surface area contributed by atoms with Gasteiger partial charge in [0.15, 0.2) is 0 Å². The molecule has 0 fully saturated rings. The molecular weight excluding hydrogens is 302 g/mol. The maximum absolute atomic E-state index is 6.16. The first-order chi connectivity index (χ1) is 11.0. The Bertz CT molecular complexity index is 690. The number of hydrogen-bond donors (Lipinski definition) is 0. The van der Waals surface area contributed by atoms with Crippen molar-refractivity contribution in [2.45, 2.75) is 44.9 Å². The van der Waals surface area contributed by atoms with Crippen LogP contribution in [0.2, 0.25) is 5.02 Å². The third-order valence-electron chi connectivity index (χ3n) is 5.03. The first-order valence-electron chi connectivity index (χ1n) is 8.60. The minimum atomic E-state index is 0.673. The van der Waals surface area contributed by atoms with E-state index in [-0.39, 0.29) is 0 Å². The zero-order chi connectivity index (χ0) is 16.4. The maximum atomic E-state index is 6.16. The van der Waals surface area contributed by atoms with Crippen LogP contribution in [0.3, 0.4) is 0 Å². The first kappa shape index (κ1) is 16.4. The third kappa shape index (κ3) is 3.72. The van der Waals surface area contributed by atoms with Crippen molar-refractivity contribution in [3.05, 3.63) is 63.7 Å². The van der Waals surface area contributed by atoms with Gasteiger partial charge in [-0.05, 0) is 85.4 Å². The Hall–Kier alpha value is -1.47. The highest BCUT2D eigenvalue weighted by Gasteiger charge is 2.20. The minimum Gasteiger partial charge on any atom is -0.377 e. The Morgan fingerprint density at radius 1 is 1.13 bits per heavy atom. The quantitative estimate of drug-likeness (QED) is 0.689. The van der Waals surface area contributed by atoms with Crippen LogP contribution in [0.15, 0.2) is 36.4 Å². The second kappa shape index (κ2) is 6.97. The highest BCUT2D eigenvalue weighted by Crippen LogP contribution is 2.36. The molecule has 0 aliphatic heterocycles. The molecule has 0 aromatic heterocycles. The molecule has 3 rings (SSSR count). The first-order valence-corrected chi connectivity index (χ1v) is 8.97. The van der Waals surface area contributed by atoms with Gasteiger partial charge in [-0.25, -0.2) is 0 Å². The van der Waals surface area contributed by atoms with Crippen molar-refractivity contribution in [3.63, 3.8) is 0 Å². The maximum Gasteiger partial charge on any atom is 0.0408 e. The molecule has 1 aliphatic carbocycles. The molecule has 1 unspecified atom stereocenters. The van der Waals surface area contributed by atoms with Gasteiger partial charge >= 0.3 is 0 Å². The van der Waals surface area contributed by atoms with E-state index in [2.05, 4.69) is 62.3 Å². The summed E-state index contributed by atoms with van der Waals surface area (Å²) in [6.45, 7) is 2.16. The average molecular weight is 328 g/mol. The zero-order valence-electron chi connectivity index (χ0n) is 14.4. The minimum absolute atomic E-state index is 0.673. The largest absolute Gasteiger partial charge is 0.377 e. The van der Waals surface area contributed by atoms with Gasteiger partial charge in [0.1, 0.15) is 0 Å². The molecule has 1 nitrogen and oxygen atoms in total. The molecule has 0 saturated carbocycles. The van der Waals surface area contributed by atoms with Gasteiger partial charge in [-0.1, -0.05) is 29.8 Å². The molecule has 0 spiro atoms. The van der Waals surface area contributed by atoms with Crippen LogP contribution in [0.25, 0.3) is 0 Å². The molecule has 2 heteroatoms. The second-order valence-electron chi connectivity index (χ2n) is 7.00. The lowest BCUT2D eigenvalue weighted by Gasteiger charge is -2.26. The van der Waals surface area contributed by atoms with Crippen molar-refractivity contribution < 1.29 is 0 Å². The summed E-state index contributed by atoms with van der Waals surface area (Å²) >= 11 is 6.16. The molecule has 0 bridgehead atoms. The van der Waals surface area contributed by atoms with E-state index in [0.29, 0.717) is 5.92 Å². The Balaban J connectivity index is 1.78. The van der Waals surface area contributed by atoms with Gasteiger partial charge in [-0.3, -0.25) is 0 Å². The average Bonchev–Trinajstić information content (AvgIpc) is 2.53. The van der Waals surface area contributed by atoms with Crippen LogP contribution in [0.1, 0.15) is 47.4 Å². The highest BCUT2D eigenvalue weighted by molar-refractivity contribution is 6.30. The molecule has 0 N–H and O–H groups in total. The van der Waals surface area contributed by atoms with Crippen molar-refractivity contribution in [2.24, 2.45) is 0 Å². The monoisotopic (exact) mass is 327 g/mol. The van der Waals surface area contributed by atoms with Crippen LogP contribution in [0.4, 0.5) is 5.69 Å². The summed E-state index contributed by atoms with van der Waals surface area (Å²) in [6, 6.07) is 13.3. The molecule has 2 aromatic carbocycles. The summed E-state index contributed by atoms with van der Waals surface area (Å²) in [5.74, 6) is 0.673. The summed E-state index contributed by atoms with van der Waals surface area (Å²) in [4.78, 5) is 2.23. The molecule has 23 heavy (non-hydrogen) atoms. The van der Waals surface area contributed by atoms with E-state index in [1.807, 2.05) is 0 Å². The SMILES string of the molecule is Cc1ccc(CCC2CCCc3cc(Cl)ccc32)c(N(C)C)c1. The number of aryl methyl sites for hydroxylation is 3. The van der Waals surface area contributed by atoms with Crippen LogP contribution < -0.4 is 4.90 Å². The Kier molecular flexibility index (Phi) is 4.96. The number of hydrogen-bond acceptors (Lipinski definition) is 1. The van der Waals surface area contributed by atoms with E-state index in [1.165, 1.54) is 53.6 Å². The normalized spacial score (nSPS) is 17.0. The lowest BCUT2D eigenvalue weighted by atomic mass is 9.80. The number of benzene rings is 2. The van der Waals surface area contributed by atoms with Gasteiger partial charge in [-0.15, -0.1) is 0 Å². The molecular formula is C21H26ClN. The van der Waals surface area contributed by atoms with Gasteiger partial charge in [0, 0.05) is 24.8 Å². The summed E-state index contributed by atoms with van der Waals surface area (Å²) in [5.41, 5.74) is 7.14. The smallest absolute Gasteiger partial charge is 0.0408 e. The van der Waals surface area contributed by atoms with Gasteiger partial charge in [-0.2, -0.15) is 0 Å². The predicted octanol–water partition coefficient (Wildman–Crippen LogP) is 5.77. The zero-order valence-corrected chi connectivity index (χ0v) is 15.2. The molecule has 1 aliphatic rings. The molecule has 0 amide bonds. The number of fused-ring (bicyclic) bond motifs is 1. The Morgan fingerprint density at radius 3 is 2.74 bits per heavy atom. The van der Waals surface area contributed by atoms with Gasteiger partial charge in [0.2, 0.25) is 0 Å². The Morgan fingerprint density at radius 2 is 1.96 bits per heavy atom. The van der Waals surface area contributed by atoms with Crippen LogP contribution in [-0.2, 0) is 12.8 Å². The van der Waals surface area contributed by atoms with Crippen molar-refractivity contribution in [1.82, 2.24) is 0 Å².